The largest absolute Gasteiger partial charge is 0.379 e. The Morgan fingerprint density at radius 2 is 1.96 bits per heavy atom. The second kappa shape index (κ2) is 9.99. The number of halogens is 1. The van der Waals surface area contributed by atoms with E-state index in [-0.39, 0.29) is 11.7 Å². The third kappa shape index (κ3) is 6.01. The van der Waals surface area contributed by atoms with Gasteiger partial charge in [0.2, 0.25) is 0 Å². The van der Waals surface area contributed by atoms with Crippen molar-refractivity contribution in [3.8, 4) is 0 Å². The van der Waals surface area contributed by atoms with E-state index < -0.39 is 0 Å². The number of amides is 1. The number of nitrogens with one attached hydrogen (secondary N) is 2. The van der Waals surface area contributed by atoms with Crippen LogP contribution in [0.5, 0.6) is 0 Å². The highest BCUT2D eigenvalue weighted by Crippen LogP contribution is 2.09. The highest BCUT2D eigenvalue weighted by atomic mass is 19.1. The predicted molar refractivity (Wildman–Crippen MR) is 102 cm³/mol. The monoisotopic (exact) mass is 372 g/mol. The van der Waals surface area contributed by atoms with Gasteiger partial charge >= 0.3 is 0 Å². The number of rotatable bonds is 8. The van der Waals surface area contributed by atoms with Crippen molar-refractivity contribution in [3.05, 3.63) is 59.5 Å². The molecule has 1 aliphatic heterocycles. The first-order valence-corrected chi connectivity index (χ1v) is 9.24. The van der Waals surface area contributed by atoms with E-state index in [9.17, 15) is 9.18 Å². The van der Waals surface area contributed by atoms with Gasteiger partial charge in [0.05, 0.1) is 18.8 Å². The van der Waals surface area contributed by atoms with E-state index in [0.717, 1.165) is 32.8 Å². The number of pyridine rings is 1. The lowest BCUT2D eigenvalue weighted by atomic mass is 10.1. The minimum atomic E-state index is -0.198. The standard InChI is InChI=1S/C20H25FN4O2/c21-18-4-2-1-3-16(18)7-8-22-19-6-5-17(15-24-19)20(26)23-9-10-25-11-13-27-14-12-25/h1-6,15H,7-14H2,(H,22,24)(H,23,26). The van der Waals surface area contributed by atoms with E-state index in [0.29, 0.717) is 36.5 Å². The van der Waals surface area contributed by atoms with Crippen LogP contribution in [0.2, 0.25) is 0 Å². The topological polar surface area (TPSA) is 66.5 Å². The number of carbonyl (C=O) groups is 1. The lowest BCUT2D eigenvalue weighted by Gasteiger charge is -2.26. The molecular weight excluding hydrogens is 347 g/mol. The van der Waals surface area contributed by atoms with Crippen LogP contribution in [0.15, 0.2) is 42.6 Å². The third-order valence-corrected chi connectivity index (χ3v) is 4.50. The van der Waals surface area contributed by atoms with Gasteiger partial charge in [0.25, 0.3) is 5.91 Å². The van der Waals surface area contributed by atoms with E-state index in [1.807, 2.05) is 6.07 Å². The van der Waals surface area contributed by atoms with Crippen LogP contribution in [0, 0.1) is 5.82 Å². The predicted octanol–water partition coefficient (Wildman–Crippen LogP) is 1.94. The number of ether oxygens (including phenoxy) is 1. The molecule has 144 valence electrons. The zero-order chi connectivity index (χ0) is 18.9. The van der Waals surface area contributed by atoms with Gasteiger partial charge in [-0.1, -0.05) is 18.2 Å². The third-order valence-electron chi connectivity index (χ3n) is 4.50. The summed E-state index contributed by atoms with van der Waals surface area (Å²) in [5.41, 5.74) is 1.19. The fourth-order valence-electron chi connectivity index (χ4n) is 2.91. The van der Waals surface area contributed by atoms with Gasteiger partial charge in [0.15, 0.2) is 0 Å². The average molecular weight is 372 g/mol. The Kier molecular flexibility index (Phi) is 7.12. The molecule has 2 aromatic rings. The number of anilines is 1. The molecule has 0 spiro atoms. The van der Waals surface area contributed by atoms with Gasteiger partial charge in [-0.2, -0.15) is 0 Å². The van der Waals surface area contributed by atoms with Crippen molar-refractivity contribution >= 4 is 11.7 Å². The Hall–Kier alpha value is -2.51. The van der Waals surface area contributed by atoms with Gasteiger partial charge in [0.1, 0.15) is 11.6 Å². The number of hydrogen-bond acceptors (Lipinski definition) is 5. The molecule has 2 N–H and O–H groups in total. The Bertz CT molecular complexity index is 733. The van der Waals surface area contributed by atoms with E-state index in [1.54, 1.807) is 30.5 Å². The first-order chi connectivity index (χ1) is 13.2. The quantitative estimate of drug-likeness (QED) is 0.741. The zero-order valence-electron chi connectivity index (χ0n) is 15.3. The number of morpholine rings is 1. The molecule has 0 unspecified atom stereocenters. The summed E-state index contributed by atoms with van der Waals surface area (Å²) in [7, 11) is 0. The van der Waals surface area contributed by atoms with Gasteiger partial charge in [-0.15, -0.1) is 0 Å². The molecular formula is C20H25FN4O2. The summed E-state index contributed by atoms with van der Waals surface area (Å²) in [4.78, 5) is 18.7. The molecule has 0 aliphatic carbocycles. The molecule has 1 aliphatic rings. The highest BCUT2D eigenvalue weighted by Gasteiger charge is 2.11. The maximum absolute atomic E-state index is 13.6. The maximum atomic E-state index is 13.6. The van der Waals surface area contributed by atoms with Gasteiger partial charge in [0, 0.05) is 38.9 Å². The minimum Gasteiger partial charge on any atom is -0.379 e. The van der Waals surface area contributed by atoms with E-state index >= 15 is 0 Å². The van der Waals surface area contributed by atoms with Crippen LogP contribution in [0.1, 0.15) is 15.9 Å². The van der Waals surface area contributed by atoms with Gasteiger partial charge in [-0.05, 0) is 30.2 Å². The smallest absolute Gasteiger partial charge is 0.252 e. The molecule has 0 bridgehead atoms. The lowest BCUT2D eigenvalue weighted by Crippen LogP contribution is -2.41. The minimum absolute atomic E-state index is 0.131. The first-order valence-electron chi connectivity index (χ1n) is 9.24. The molecule has 2 heterocycles. The molecule has 0 saturated carbocycles. The molecule has 0 radical (unpaired) electrons. The first kappa shape index (κ1) is 19.3. The van der Waals surface area contributed by atoms with Crippen LogP contribution in [-0.4, -0.2) is 61.7 Å². The van der Waals surface area contributed by atoms with Crippen LogP contribution >= 0.6 is 0 Å². The summed E-state index contributed by atoms with van der Waals surface area (Å²) >= 11 is 0. The molecule has 7 heteroatoms. The Morgan fingerprint density at radius 3 is 2.70 bits per heavy atom. The Morgan fingerprint density at radius 1 is 1.15 bits per heavy atom. The normalized spacial score (nSPS) is 14.7. The molecule has 27 heavy (non-hydrogen) atoms. The van der Waals surface area contributed by atoms with Crippen LogP contribution in [0.3, 0.4) is 0 Å². The highest BCUT2D eigenvalue weighted by molar-refractivity contribution is 5.94. The fraction of sp³-hybridized carbons (Fsp3) is 0.400. The van der Waals surface area contributed by atoms with Crippen molar-refractivity contribution in [2.45, 2.75) is 6.42 Å². The van der Waals surface area contributed by atoms with Crippen molar-refractivity contribution in [3.63, 3.8) is 0 Å². The van der Waals surface area contributed by atoms with E-state index in [4.69, 9.17) is 4.74 Å². The SMILES string of the molecule is O=C(NCCN1CCOCC1)c1ccc(NCCc2ccccc2F)nc1. The number of nitrogens with zero attached hydrogens (tertiary/aromatic N) is 2. The second-order valence-electron chi connectivity index (χ2n) is 6.41. The van der Waals surface area contributed by atoms with Crippen LogP contribution in [-0.2, 0) is 11.2 Å². The number of aromatic nitrogens is 1. The van der Waals surface area contributed by atoms with Crippen molar-refractivity contribution in [2.24, 2.45) is 0 Å². The van der Waals surface area contributed by atoms with Crippen molar-refractivity contribution in [1.82, 2.24) is 15.2 Å². The van der Waals surface area contributed by atoms with Crippen LogP contribution in [0.4, 0.5) is 10.2 Å². The summed E-state index contributed by atoms with van der Waals surface area (Å²) in [5.74, 6) is 0.334. The summed E-state index contributed by atoms with van der Waals surface area (Å²) in [5, 5.41) is 6.06. The van der Waals surface area contributed by atoms with Crippen molar-refractivity contribution in [2.75, 3.05) is 51.3 Å². The molecule has 1 fully saturated rings. The molecule has 1 saturated heterocycles. The molecule has 3 rings (SSSR count). The fourth-order valence-corrected chi connectivity index (χ4v) is 2.91. The molecule has 1 aromatic heterocycles. The number of hydrogen-bond donors (Lipinski definition) is 2. The summed E-state index contributed by atoms with van der Waals surface area (Å²) in [6.45, 7) is 5.31. The van der Waals surface area contributed by atoms with Gasteiger partial charge in [-0.3, -0.25) is 9.69 Å². The van der Waals surface area contributed by atoms with Crippen LogP contribution in [0.25, 0.3) is 0 Å². The average Bonchev–Trinajstić information content (AvgIpc) is 2.71. The van der Waals surface area contributed by atoms with Crippen LogP contribution < -0.4 is 10.6 Å². The molecule has 6 nitrogen and oxygen atoms in total. The summed E-state index contributed by atoms with van der Waals surface area (Å²) in [6, 6.07) is 10.2. The molecule has 1 aromatic carbocycles. The van der Waals surface area contributed by atoms with E-state index in [2.05, 4.69) is 20.5 Å². The Labute approximate surface area is 158 Å². The van der Waals surface area contributed by atoms with Crippen molar-refractivity contribution < 1.29 is 13.9 Å². The van der Waals surface area contributed by atoms with Gasteiger partial charge < -0.3 is 15.4 Å². The van der Waals surface area contributed by atoms with Gasteiger partial charge in [-0.25, -0.2) is 9.37 Å². The lowest BCUT2D eigenvalue weighted by molar-refractivity contribution is 0.0383. The molecule has 0 atom stereocenters. The van der Waals surface area contributed by atoms with Crippen molar-refractivity contribution in [1.29, 1.82) is 0 Å². The second-order valence-corrected chi connectivity index (χ2v) is 6.41. The Balaban J connectivity index is 1.39. The molecule has 1 amide bonds. The zero-order valence-corrected chi connectivity index (χ0v) is 15.3. The summed E-state index contributed by atoms with van der Waals surface area (Å²) < 4.78 is 18.9. The van der Waals surface area contributed by atoms with E-state index in [1.165, 1.54) is 6.07 Å². The number of benzene rings is 1. The maximum Gasteiger partial charge on any atom is 0.252 e. The summed E-state index contributed by atoms with van der Waals surface area (Å²) in [6.07, 6.45) is 2.12. The number of carbonyl (C=O) groups excluding carboxylic acids is 1.